The summed E-state index contributed by atoms with van der Waals surface area (Å²) in [5.41, 5.74) is 1.85. The normalized spacial score (nSPS) is 10.0. The summed E-state index contributed by atoms with van der Waals surface area (Å²) in [5, 5.41) is 5.51. The molecule has 0 aromatic heterocycles. The minimum atomic E-state index is -0.208. The van der Waals surface area contributed by atoms with Gasteiger partial charge in [-0.25, -0.2) is 0 Å². The number of hydrogen-bond acceptors (Lipinski definition) is 3. The lowest BCUT2D eigenvalue weighted by Crippen LogP contribution is -2.13. The van der Waals surface area contributed by atoms with Crippen molar-refractivity contribution < 1.29 is 9.59 Å². The van der Waals surface area contributed by atoms with Crippen LogP contribution in [0.3, 0.4) is 0 Å². The van der Waals surface area contributed by atoms with Gasteiger partial charge in [-0.05, 0) is 42.7 Å². The maximum absolute atomic E-state index is 12.2. The van der Waals surface area contributed by atoms with Crippen LogP contribution in [0.15, 0.2) is 53.4 Å². The van der Waals surface area contributed by atoms with Crippen molar-refractivity contribution in [3.05, 3.63) is 54.1 Å². The van der Waals surface area contributed by atoms with Gasteiger partial charge in [0.05, 0.1) is 0 Å². The van der Waals surface area contributed by atoms with Crippen LogP contribution >= 0.6 is 11.8 Å². The molecule has 2 aromatic carbocycles. The van der Waals surface area contributed by atoms with Crippen LogP contribution in [0.2, 0.25) is 0 Å². The third kappa shape index (κ3) is 4.36. The lowest BCUT2D eigenvalue weighted by molar-refractivity contribution is -0.114. The second kappa shape index (κ2) is 6.95. The highest BCUT2D eigenvalue weighted by atomic mass is 32.2. The summed E-state index contributed by atoms with van der Waals surface area (Å²) < 4.78 is 0. The molecule has 0 saturated carbocycles. The van der Waals surface area contributed by atoms with Gasteiger partial charge in [-0.15, -0.1) is 11.8 Å². The Morgan fingerprint density at radius 2 is 1.62 bits per heavy atom. The zero-order valence-corrected chi connectivity index (χ0v) is 12.7. The van der Waals surface area contributed by atoms with Crippen LogP contribution < -0.4 is 10.6 Å². The van der Waals surface area contributed by atoms with Crippen LogP contribution in [0.1, 0.15) is 17.3 Å². The molecule has 0 atom stereocenters. The summed E-state index contributed by atoms with van der Waals surface area (Å²) >= 11 is 1.62. The van der Waals surface area contributed by atoms with Crippen molar-refractivity contribution >= 4 is 35.0 Å². The van der Waals surface area contributed by atoms with Gasteiger partial charge in [0.2, 0.25) is 5.91 Å². The van der Waals surface area contributed by atoms with E-state index in [-0.39, 0.29) is 11.8 Å². The molecule has 108 valence electrons. The number of amides is 2. The molecule has 2 aromatic rings. The highest BCUT2D eigenvalue weighted by Gasteiger charge is 2.07. The predicted octanol–water partition coefficient (Wildman–Crippen LogP) is 3.62. The maximum atomic E-state index is 12.2. The van der Waals surface area contributed by atoms with E-state index in [1.165, 1.54) is 6.92 Å². The molecule has 2 N–H and O–H groups in total. The van der Waals surface area contributed by atoms with Gasteiger partial charge in [-0.2, -0.15) is 0 Å². The molecule has 21 heavy (non-hydrogen) atoms. The third-order valence-corrected chi connectivity index (χ3v) is 3.50. The minimum Gasteiger partial charge on any atom is -0.326 e. The lowest BCUT2D eigenvalue weighted by atomic mass is 10.2. The summed E-state index contributed by atoms with van der Waals surface area (Å²) in [6, 6.07) is 14.5. The molecule has 0 unspecified atom stereocenters. The Balaban J connectivity index is 2.14. The molecule has 0 radical (unpaired) electrons. The molecule has 0 saturated heterocycles. The molecule has 0 spiro atoms. The fourth-order valence-electron chi connectivity index (χ4n) is 1.85. The van der Waals surface area contributed by atoms with Crippen LogP contribution in [-0.4, -0.2) is 18.1 Å². The first-order valence-corrected chi connectivity index (χ1v) is 7.64. The van der Waals surface area contributed by atoms with Crippen LogP contribution in [-0.2, 0) is 4.79 Å². The largest absolute Gasteiger partial charge is 0.326 e. The number of thioether (sulfide) groups is 1. The Bertz CT molecular complexity index is 671. The average Bonchev–Trinajstić information content (AvgIpc) is 2.47. The fourth-order valence-corrected chi connectivity index (χ4v) is 2.31. The van der Waals surface area contributed by atoms with Crippen LogP contribution in [0, 0.1) is 0 Å². The van der Waals surface area contributed by atoms with Gasteiger partial charge in [-0.1, -0.05) is 12.1 Å². The van der Waals surface area contributed by atoms with E-state index in [0.717, 1.165) is 10.6 Å². The van der Waals surface area contributed by atoms with E-state index >= 15 is 0 Å². The van der Waals surface area contributed by atoms with Gasteiger partial charge >= 0.3 is 0 Å². The van der Waals surface area contributed by atoms with Gasteiger partial charge < -0.3 is 10.6 Å². The van der Waals surface area contributed by atoms with Crippen LogP contribution in [0.25, 0.3) is 0 Å². The van der Waals surface area contributed by atoms with Gasteiger partial charge in [0.25, 0.3) is 5.91 Å². The SMILES string of the molecule is CSc1cccc(NC(=O)c2cccc(NC(C)=O)c2)c1. The van der Waals surface area contributed by atoms with Crippen molar-refractivity contribution in [1.29, 1.82) is 0 Å². The van der Waals surface area contributed by atoms with E-state index in [9.17, 15) is 9.59 Å². The first-order chi connectivity index (χ1) is 10.1. The fraction of sp³-hybridized carbons (Fsp3) is 0.125. The molecule has 2 rings (SSSR count). The monoisotopic (exact) mass is 300 g/mol. The molecule has 0 bridgehead atoms. The molecule has 4 nitrogen and oxygen atoms in total. The van der Waals surface area contributed by atoms with E-state index in [4.69, 9.17) is 0 Å². The molecular formula is C16H16N2O2S. The quantitative estimate of drug-likeness (QED) is 0.848. The molecule has 0 aliphatic heterocycles. The van der Waals surface area contributed by atoms with E-state index in [1.54, 1.807) is 36.0 Å². The van der Waals surface area contributed by atoms with Crippen molar-refractivity contribution in [2.24, 2.45) is 0 Å². The van der Waals surface area contributed by atoms with Gasteiger partial charge in [0.1, 0.15) is 0 Å². The summed E-state index contributed by atoms with van der Waals surface area (Å²) in [5.74, 6) is -0.374. The summed E-state index contributed by atoms with van der Waals surface area (Å²) in [4.78, 5) is 24.3. The second-order valence-corrected chi connectivity index (χ2v) is 5.33. The summed E-state index contributed by atoms with van der Waals surface area (Å²) in [6.45, 7) is 1.43. The number of nitrogens with one attached hydrogen (secondary N) is 2. The Labute approximate surface area is 127 Å². The summed E-state index contributed by atoms with van der Waals surface area (Å²) in [7, 11) is 0. The predicted molar refractivity (Wildman–Crippen MR) is 86.9 cm³/mol. The smallest absolute Gasteiger partial charge is 0.255 e. The zero-order valence-electron chi connectivity index (χ0n) is 11.8. The van der Waals surface area contributed by atoms with E-state index in [2.05, 4.69) is 10.6 Å². The first-order valence-electron chi connectivity index (χ1n) is 6.41. The van der Waals surface area contributed by atoms with Crippen molar-refractivity contribution in [3.63, 3.8) is 0 Å². The number of anilines is 2. The third-order valence-electron chi connectivity index (χ3n) is 2.77. The Morgan fingerprint density at radius 3 is 2.29 bits per heavy atom. The standard InChI is InChI=1S/C16H16N2O2S/c1-11(19)17-13-6-3-5-12(9-13)16(20)18-14-7-4-8-15(10-14)21-2/h3-10H,1-2H3,(H,17,19)(H,18,20). The average molecular weight is 300 g/mol. The Kier molecular flexibility index (Phi) is 5.00. The number of hydrogen-bond donors (Lipinski definition) is 2. The Hall–Kier alpha value is -2.27. The number of benzene rings is 2. The molecular weight excluding hydrogens is 284 g/mol. The zero-order chi connectivity index (χ0) is 15.2. The van der Waals surface area contributed by atoms with Crippen molar-refractivity contribution in [3.8, 4) is 0 Å². The van der Waals surface area contributed by atoms with Gasteiger partial charge in [0, 0.05) is 28.8 Å². The van der Waals surface area contributed by atoms with Gasteiger partial charge in [0.15, 0.2) is 0 Å². The van der Waals surface area contributed by atoms with E-state index in [1.807, 2.05) is 30.5 Å². The van der Waals surface area contributed by atoms with Crippen molar-refractivity contribution in [2.45, 2.75) is 11.8 Å². The highest BCUT2D eigenvalue weighted by Crippen LogP contribution is 2.20. The molecule has 5 heteroatoms. The minimum absolute atomic E-state index is 0.166. The number of carbonyl (C=O) groups excluding carboxylic acids is 2. The highest BCUT2D eigenvalue weighted by molar-refractivity contribution is 7.98. The summed E-state index contributed by atoms with van der Waals surface area (Å²) in [6.07, 6.45) is 1.98. The molecule has 0 aliphatic rings. The molecule has 0 aliphatic carbocycles. The number of rotatable bonds is 4. The van der Waals surface area contributed by atoms with E-state index in [0.29, 0.717) is 11.3 Å². The number of carbonyl (C=O) groups is 2. The maximum Gasteiger partial charge on any atom is 0.255 e. The second-order valence-electron chi connectivity index (χ2n) is 4.45. The molecule has 0 fully saturated rings. The Morgan fingerprint density at radius 1 is 0.952 bits per heavy atom. The van der Waals surface area contributed by atoms with E-state index < -0.39 is 0 Å². The van der Waals surface area contributed by atoms with Crippen molar-refractivity contribution in [1.82, 2.24) is 0 Å². The van der Waals surface area contributed by atoms with Crippen LogP contribution in [0.5, 0.6) is 0 Å². The van der Waals surface area contributed by atoms with Gasteiger partial charge in [-0.3, -0.25) is 9.59 Å². The first kappa shape index (κ1) is 15.1. The van der Waals surface area contributed by atoms with Crippen LogP contribution in [0.4, 0.5) is 11.4 Å². The lowest BCUT2D eigenvalue weighted by Gasteiger charge is -2.08. The topological polar surface area (TPSA) is 58.2 Å². The molecule has 0 heterocycles. The molecule has 2 amide bonds. The van der Waals surface area contributed by atoms with Crippen molar-refractivity contribution in [2.75, 3.05) is 16.9 Å².